The van der Waals surface area contributed by atoms with Crippen molar-refractivity contribution < 1.29 is 13.2 Å². The maximum absolute atomic E-state index is 12.7. The molecule has 1 aromatic heterocycles. The smallest absolute Gasteiger partial charge is 0.267 e. The number of fused-ring (bicyclic) bond motifs is 1. The van der Waals surface area contributed by atoms with Gasteiger partial charge in [-0.15, -0.1) is 0 Å². The van der Waals surface area contributed by atoms with Gasteiger partial charge in [0.2, 0.25) is 0 Å². The molecular formula is C15H9F3N2O. The third kappa shape index (κ3) is 2.40. The summed E-state index contributed by atoms with van der Waals surface area (Å²) in [5, 5.41) is 4.99. The van der Waals surface area contributed by atoms with Crippen LogP contribution in [0.4, 0.5) is 13.2 Å². The van der Waals surface area contributed by atoms with Gasteiger partial charge in [0.15, 0.2) is 0 Å². The normalized spacial score (nSPS) is 11.8. The van der Waals surface area contributed by atoms with E-state index in [9.17, 15) is 18.0 Å². The van der Waals surface area contributed by atoms with E-state index in [0.717, 1.165) is 16.8 Å². The van der Waals surface area contributed by atoms with Gasteiger partial charge >= 0.3 is 6.18 Å². The van der Waals surface area contributed by atoms with Gasteiger partial charge in [0.25, 0.3) is 5.56 Å². The van der Waals surface area contributed by atoms with E-state index in [1.165, 1.54) is 18.3 Å². The first-order chi connectivity index (χ1) is 9.97. The number of halogens is 3. The van der Waals surface area contributed by atoms with Gasteiger partial charge in [-0.05, 0) is 24.3 Å². The molecule has 0 radical (unpaired) electrons. The first-order valence-electron chi connectivity index (χ1n) is 6.11. The molecule has 3 aromatic rings. The summed E-state index contributed by atoms with van der Waals surface area (Å²) in [6, 6.07) is 11.3. The monoisotopic (exact) mass is 290 g/mol. The van der Waals surface area contributed by atoms with Crippen LogP contribution in [0, 0.1) is 0 Å². The number of benzene rings is 2. The van der Waals surface area contributed by atoms with E-state index < -0.39 is 17.3 Å². The average molecular weight is 290 g/mol. The molecule has 2 aromatic carbocycles. The van der Waals surface area contributed by atoms with Gasteiger partial charge in [-0.25, -0.2) is 0 Å². The topological polar surface area (TPSA) is 34.9 Å². The predicted molar refractivity (Wildman–Crippen MR) is 72.3 cm³/mol. The summed E-state index contributed by atoms with van der Waals surface area (Å²) in [6.45, 7) is 0. The third-order valence-corrected chi connectivity index (χ3v) is 3.11. The second-order valence-electron chi connectivity index (χ2n) is 4.50. The van der Waals surface area contributed by atoms with Crippen molar-refractivity contribution in [3.8, 4) is 5.69 Å². The van der Waals surface area contributed by atoms with Crippen molar-refractivity contribution in [3.05, 3.63) is 70.6 Å². The fourth-order valence-electron chi connectivity index (χ4n) is 2.09. The lowest BCUT2D eigenvalue weighted by Gasteiger charge is -2.10. The first kappa shape index (κ1) is 13.4. The van der Waals surface area contributed by atoms with Crippen LogP contribution in [0.15, 0.2) is 59.5 Å². The van der Waals surface area contributed by atoms with Crippen LogP contribution in [0.5, 0.6) is 0 Å². The van der Waals surface area contributed by atoms with Crippen molar-refractivity contribution in [1.29, 1.82) is 0 Å². The Hall–Kier alpha value is -2.63. The fraction of sp³-hybridized carbons (Fsp3) is 0.0667. The average Bonchev–Trinajstić information content (AvgIpc) is 2.47. The molecule has 0 atom stereocenters. The molecule has 0 unspecified atom stereocenters. The van der Waals surface area contributed by atoms with E-state index in [4.69, 9.17) is 0 Å². The molecule has 0 aliphatic carbocycles. The zero-order valence-electron chi connectivity index (χ0n) is 10.6. The minimum Gasteiger partial charge on any atom is -0.267 e. The van der Waals surface area contributed by atoms with E-state index in [2.05, 4.69) is 5.10 Å². The Morgan fingerprint density at radius 1 is 1.00 bits per heavy atom. The lowest BCUT2D eigenvalue weighted by molar-refractivity contribution is -0.137. The maximum Gasteiger partial charge on any atom is 0.416 e. The summed E-state index contributed by atoms with van der Waals surface area (Å²) < 4.78 is 39.2. The fourth-order valence-corrected chi connectivity index (χ4v) is 2.09. The standard InChI is InChI=1S/C15H9F3N2O/c16-15(17,18)11-5-3-6-12(8-11)20-14(21)13-7-2-1-4-10(13)9-19-20/h1-9H. The summed E-state index contributed by atoms with van der Waals surface area (Å²) in [4.78, 5) is 12.3. The van der Waals surface area contributed by atoms with Crippen LogP contribution in [0.2, 0.25) is 0 Å². The van der Waals surface area contributed by atoms with Crippen LogP contribution in [0.1, 0.15) is 5.56 Å². The molecule has 0 fully saturated rings. The number of nitrogens with zero attached hydrogens (tertiary/aromatic N) is 2. The van der Waals surface area contributed by atoms with Gasteiger partial charge in [0.1, 0.15) is 0 Å². The highest BCUT2D eigenvalue weighted by molar-refractivity contribution is 5.80. The van der Waals surface area contributed by atoms with Gasteiger partial charge in [-0.2, -0.15) is 23.0 Å². The highest BCUT2D eigenvalue weighted by atomic mass is 19.4. The Balaban J connectivity index is 2.22. The lowest BCUT2D eigenvalue weighted by atomic mass is 10.2. The molecule has 0 saturated carbocycles. The molecule has 0 saturated heterocycles. The molecule has 0 amide bonds. The summed E-state index contributed by atoms with van der Waals surface area (Å²) in [6.07, 6.45) is -3.01. The molecule has 21 heavy (non-hydrogen) atoms. The lowest BCUT2D eigenvalue weighted by Crippen LogP contribution is -2.21. The molecule has 0 bridgehead atoms. The van der Waals surface area contributed by atoms with Crippen molar-refractivity contribution in [3.63, 3.8) is 0 Å². The van der Waals surface area contributed by atoms with Gasteiger partial charge < -0.3 is 0 Å². The third-order valence-electron chi connectivity index (χ3n) is 3.11. The molecule has 0 aliphatic heterocycles. The maximum atomic E-state index is 12.7. The Bertz CT molecular complexity index is 868. The van der Waals surface area contributed by atoms with Crippen LogP contribution in [-0.4, -0.2) is 9.78 Å². The molecular weight excluding hydrogens is 281 g/mol. The summed E-state index contributed by atoms with van der Waals surface area (Å²) in [7, 11) is 0. The molecule has 3 rings (SSSR count). The number of hydrogen-bond donors (Lipinski definition) is 0. The Morgan fingerprint density at radius 2 is 1.76 bits per heavy atom. The minimum atomic E-state index is -4.46. The van der Waals surface area contributed by atoms with Gasteiger partial charge in [0, 0.05) is 5.39 Å². The quantitative estimate of drug-likeness (QED) is 0.688. The number of aromatic nitrogens is 2. The van der Waals surface area contributed by atoms with E-state index in [0.29, 0.717) is 10.8 Å². The van der Waals surface area contributed by atoms with Crippen LogP contribution < -0.4 is 5.56 Å². The van der Waals surface area contributed by atoms with E-state index >= 15 is 0 Å². The van der Waals surface area contributed by atoms with E-state index in [1.807, 2.05) is 0 Å². The van der Waals surface area contributed by atoms with Crippen LogP contribution in [0.3, 0.4) is 0 Å². The van der Waals surface area contributed by atoms with Gasteiger partial charge in [-0.1, -0.05) is 24.3 Å². The van der Waals surface area contributed by atoms with Gasteiger partial charge in [-0.3, -0.25) is 4.79 Å². The van der Waals surface area contributed by atoms with Crippen molar-refractivity contribution in [2.75, 3.05) is 0 Å². The molecule has 1 heterocycles. The van der Waals surface area contributed by atoms with Crippen molar-refractivity contribution in [1.82, 2.24) is 9.78 Å². The highest BCUT2D eigenvalue weighted by Crippen LogP contribution is 2.30. The first-order valence-corrected chi connectivity index (χ1v) is 6.11. The zero-order chi connectivity index (χ0) is 15.0. The van der Waals surface area contributed by atoms with Gasteiger partial charge in [0.05, 0.1) is 22.8 Å². The molecule has 0 spiro atoms. The molecule has 3 nitrogen and oxygen atoms in total. The Labute approximate surface area is 117 Å². The molecule has 0 N–H and O–H groups in total. The summed E-state index contributed by atoms with van der Waals surface area (Å²) in [5.41, 5.74) is -1.19. The second kappa shape index (κ2) is 4.73. The summed E-state index contributed by atoms with van der Waals surface area (Å²) >= 11 is 0. The van der Waals surface area contributed by atoms with E-state index in [1.54, 1.807) is 24.3 Å². The molecule has 0 aliphatic rings. The van der Waals surface area contributed by atoms with Crippen molar-refractivity contribution >= 4 is 10.8 Å². The zero-order valence-corrected chi connectivity index (χ0v) is 10.6. The highest BCUT2D eigenvalue weighted by Gasteiger charge is 2.30. The van der Waals surface area contributed by atoms with E-state index in [-0.39, 0.29) is 5.69 Å². The van der Waals surface area contributed by atoms with Crippen molar-refractivity contribution in [2.24, 2.45) is 0 Å². The number of hydrogen-bond acceptors (Lipinski definition) is 2. The second-order valence-corrected chi connectivity index (χ2v) is 4.50. The Morgan fingerprint density at radius 3 is 2.52 bits per heavy atom. The number of rotatable bonds is 1. The molecule has 106 valence electrons. The largest absolute Gasteiger partial charge is 0.416 e. The molecule has 6 heteroatoms. The number of alkyl halides is 3. The summed E-state index contributed by atoms with van der Waals surface area (Å²) in [5.74, 6) is 0. The van der Waals surface area contributed by atoms with Crippen LogP contribution in [0.25, 0.3) is 16.5 Å². The van der Waals surface area contributed by atoms with Crippen LogP contribution in [-0.2, 0) is 6.18 Å². The predicted octanol–water partition coefficient (Wildman–Crippen LogP) is 3.40. The van der Waals surface area contributed by atoms with Crippen molar-refractivity contribution in [2.45, 2.75) is 6.18 Å². The SMILES string of the molecule is O=c1c2ccccc2cnn1-c1cccc(C(F)(F)F)c1. The Kier molecular flexibility index (Phi) is 3.01. The van der Waals surface area contributed by atoms with Crippen LogP contribution >= 0.6 is 0 Å². The minimum absolute atomic E-state index is 0.0839.